The first-order chi connectivity index (χ1) is 7.09. The summed E-state index contributed by atoms with van der Waals surface area (Å²) < 4.78 is 1.77. The molecule has 3 N–H and O–H groups in total. The molecule has 1 aliphatic carbocycles. The highest BCUT2D eigenvalue weighted by Crippen LogP contribution is 2.35. The van der Waals surface area contributed by atoms with E-state index in [0.29, 0.717) is 0 Å². The first-order valence-electron chi connectivity index (χ1n) is 5.51. The molecule has 0 spiro atoms. The van der Waals surface area contributed by atoms with Gasteiger partial charge in [-0.15, -0.1) is 0 Å². The number of aliphatic hydroxyl groups excluding tert-OH is 1. The van der Waals surface area contributed by atoms with Crippen molar-refractivity contribution in [3.05, 3.63) is 17.5 Å². The van der Waals surface area contributed by atoms with Crippen LogP contribution in [-0.4, -0.2) is 20.9 Å². The fraction of sp³-hybridized carbons (Fsp3) is 0.727. The third-order valence-corrected chi connectivity index (χ3v) is 3.30. The van der Waals surface area contributed by atoms with Gasteiger partial charge in [0.25, 0.3) is 0 Å². The zero-order chi connectivity index (χ0) is 11.0. The standard InChI is InChI=1S/C11H19N3O/c1-7-9(6-13-14(7)2)11(15)10(12)5-8-3-4-8/h6,8,10-11,15H,3-5,12H2,1-2H3. The molecule has 0 bridgehead atoms. The maximum atomic E-state index is 10.1. The molecule has 1 aromatic heterocycles. The summed E-state index contributed by atoms with van der Waals surface area (Å²) >= 11 is 0. The molecule has 1 aromatic rings. The van der Waals surface area contributed by atoms with Gasteiger partial charge < -0.3 is 10.8 Å². The number of aromatic nitrogens is 2. The van der Waals surface area contributed by atoms with Gasteiger partial charge in [-0.1, -0.05) is 12.8 Å². The van der Waals surface area contributed by atoms with Gasteiger partial charge in [-0.2, -0.15) is 5.10 Å². The van der Waals surface area contributed by atoms with Crippen molar-refractivity contribution in [2.24, 2.45) is 18.7 Å². The van der Waals surface area contributed by atoms with Crippen molar-refractivity contribution < 1.29 is 5.11 Å². The highest BCUT2D eigenvalue weighted by Gasteiger charge is 2.28. The molecule has 1 saturated carbocycles. The van der Waals surface area contributed by atoms with Gasteiger partial charge in [-0.25, -0.2) is 0 Å². The molecule has 0 saturated heterocycles. The number of hydrogen-bond donors (Lipinski definition) is 2. The number of nitrogens with two attached hydrogens (primary N) is 1. The van der Waals surface area contributed by atoms with Gasteiger partial charge >= 0.3 is 0 Å². The largest absolute Gasteiger partial charge is 0.387 e. The Kier molecular flexibility index (Phi) is 2.80. The summed E-state index contributed by atoms with van der Waals surface area (Å²) in [6, 6.07) is -0.152. The molecule has 2 unspecified atom stereocenters. The molecule has 15 heavy (non-hydrogen) atoms. The van der Waals surface area contributed by atoms with E-state index >= 15 is 0 Å². The molecular formula is C11H19N3O. The fourth-order valence-electron chi connectivity index (χ4n) is 1.90. The lowest BCUT2D eigenvalue weighted by atomic mass is 9.99. The van der Waals surface area contributed by atoms with Gasteiger partial charge in [0, 0.05) is 24.3 Å². The molecule has 0 amide bonds. The van der Waals surface area contributed by atoms with Gasteiger partial charge in [0.15, 0.2) is 0 Å². The zero-order valence-corrected chi connectivity index (χ0v) is 9.35. The Hall–Kier alpha value is -0.870. The van der Waals surface area contributed by atoms with Crippen LogP contribution in [0, 0.1) is 12.8 Å². The maximum Gasteiger partial charge on any atom is 0.0973 e. The lowest BCUT2D eigenvalue weighted by Gasteiger charge is -2.18. The predicted molar refractivity (Wildman–Crippen MR) is 58.2 cm³/mol. The number of rotatable bonds is 4. The van der Waals surface area contributed by atoms with Gasteiger partial charge in [-0.05, 0) is 19.3 Å². The van der Waals surface area contributed by atoms with E-state index in [9.17, 15) is 5.11 Å². The second kappa shape index (κ2) is 3.94. The predicted octanol–water partition coefficient (Wildman–Crippen LogP) is 0.889. The second-order valence-electron chi connectivity index (χ2n) is 4.60. The molecule has 2 rings (SSSR count). The van der Waals surface area contributed by atoms with Crippen molar-refractivity contribution in [2.45, 2.75) is 38.3 Å². The van der Waals surface area contributed by atoms with Crippen LogP contribution < -0.4 is 5.73 Å². The van der Waals surface area contributed by atoms with E-state index in [4.69, 9.17) is 5.73 Å². The van der Waals surface area contributed by atoms with Crippen LogP contribution in [0.3, 0.4) is 0 Å². The van der Waals surface area contributed by atoms with Gasteiger partial charge in [0.05, 0.1) is 12.3 Å². The number of aryl methyl sites for hydroxylation is 1. The van der Waals surface area contributed by atoms with Crippen molar-refractivity contribution in [2.75, 3.05) is 0 Å². The minimum absolute atomic E-state index is 0.152. The normalized spacial score (nSPS) is 20.3. The third kappa shape index (κ3) is 2.21. The Bertz CT molecular complexity index is 344. The zero-order valence-electron chi connectivity index (χ0n) is 9.35. The van der Waals surface area contributed by atoms with E-state index in [2.05, 4.69) is 5.10 Å². The van der Waals surface area contributed by atoms with Gasteiger partial charge in [-0.3, -0.25) is 4.68 Å². The van der Waals surface area contributed by atoms with E-state index in [1.807, 2.05) is 14.0 Å². The van der Waals surface area contributed by atoms with Crippen LogP contribution in [0.1, 0.15) is 36.6 Å². The molecule has 1 aliphatic rings. The van der Waals surface area contributed by atoms with E-state index in [1.165, 1.54) is 12.8 Å². The molecule has 0 aromatic carbocycles. The average Bonchev–Trinajstić information content (AvgIpc) is 2.95. The van der Waals surface area contributed by atoms with Gasteiger partial charge in [0.1, 0.15) is 0 Å². The van der Waals surface area contributed by atoms with Crippen LogP contribution in [0.5, 0.6) is 0 Å². The fourth-order valence-corrected chi connectivity index (χ4v) is 1.90. The monoisotopic (exact) mass is 209 g/mol. The lowest BCUT2D eigenvalue weighted by Crippen LogP contribution is -2.29. The molecule has 1 heterocycles. The van der Waals surface area contributed by atoms with E-state index in [1.54, 1.807) is 10.9 Å². The summed E-state index contributed by atoms with van der Waals surface area (Å²) in [6.45, 7) is 1.95. The molecule has 0 aliphatic heterocycles. The average molecular weight is 209 g/mol. The van der Waals surface area contributed by atoms with Crippen molar-refractivity contribution >= 4 is 0 Å². The summed E-state index contributed by atoms with van der Waals surface area (Å²) in [5.41, 5.74) is 7.84. The number of hydrogen-bond acceptors (Lipinski definition) is 3. The van der Waals surface area contributed by atoms with Crippen molar-refractivity contribution in [1.29, 1.82) is 0 Å². The van der Waals surface area contributed by atoms with Crippen molar-refractivity contribution in [3.63, 3.8) is 0 Å². The second-order valence-corrected chi connectivity index (χ2v) is 4.60. The molecule has 4 nitrogen and oxygen atoms in total. The Morgan fingerprint density at radius 2 is 2.33 bits per heavy atom. The third-order valence-electron chi connectivity index (χ3n) is 3.30. The lowest BCUT2D eigenvalue weighted by molar-refractivity contribution is 0.139. The molecular weight excluding hydrogens is 190 g/mol. The smallest absolute Gasteiger partial charge is 0.0973 e. The number of nitrogens with zero attached hydrogens (tertiary/aromatic N) is 2. The summed E-state index contributed by atoms with van der Waals surface area (Å²) in [7, 11) is 1.87. The van der Waals surface area contributed by atoms with Crippen LogP contribution in [0.2, 0.25) is 0 Å². The Labute approximate surface area is 90.1 Å². The molecule has 1 fully saturated rings. The van der Waals surface area contributed by atoms with Crippen LogP contribution in [0.15, 0.2) is 6.20 Å². The summed E-state index contributed by atoms with van der Waals surface area (Å²) in [5, 5.41) is 14.2. The van der Waals surface area contributed by atoms with E-state index in [0.717, 1.165) is 23.6 Å². The van der Waals surface area contributed by atoms with E-state index in [-0.39, 0.29) is 6.04 Å². The Balaban J connectivity index is 2.04. The summed E-state index contributed by atoms with van der Waals surface area (Å²) in [4.78, 5) is 0. The van der Waals surface area contributed by atoms with E-state index < -0.39 is 6.10 Å². The SMILES string of the molecule is Cc1c(C(O)C(N)CC2CC2)cnn1C. The minimum Gasteiger partial charge on any atom is -0.387 e. The highest BCUT2D eigenvalue weighted by molar-refractivity contribution is 5.20. The molecule has 4 heteroatoms. The summed E-state index contributed by atoms with van der Waals surface area (Å²) in [5.74, 6) is 0.742. The van der Waals surface area contributed by atoms with Gasteiger partial charge in [0.2, 0.25) is 0 Å². The molecule has 0 radical (unpaired) electrons. The van der Waals surface area contributed by atoms with Crippen LogP contribution in [0.25, 0.3) is 0 Å². The molecule has 84 valence electrons. The Morgan fingerprint density at radius 1 is 1.67 bits per heavy atom. The van der Waals surface area contributed by atoms with Crippen molar-refractivity contribution in [1.82, 2.24) is 9.78 Å². The highest BCUT2D eigenvalue weighted by atomic mass is 16.3. The van der Waals surface area contributed by atoms with Crippen LogP contribution >= 0.6 is 0 Å². The Morgan fingerprint density at radius 3 is 2.80 bits per heavy atom. The minimum atomic E-state index is -0.570. The first kappa shape index (κ1) is 10.6. The summed E-state index contributed by atoms with van der Waals surface area (Å²) in [6.07, 6.45) is 4.61. The molecule has 2 atom stereocenters. The van der Waals surface area contributed by atoms with Crippen LogP contribution in [0.4, 0.5) is 0 Å². The van der Waals surface area contributed by atoms with Crippen molar-refractivity contribution in [3.8, 4) is 0 Å². The first-order valence-corrected chi connectivity index (χ1v) is 5.51. The number of aliphatic hydroxyl groups is 1. The quantitative estimate of drug-likeness (QED) is 0.774. The topological polar surface area (TPSA) is 64.1 Å². The maximum absolute atomic E-state index is 10.1. The van der Waals surface area contributed by atoms with Crippen LogP contribution in [-0.2, 0) is 7.05 Å².